The van der Waals surface area contributed by atoms with E-state index in [1.54, 1.807) is 6.92 Å². The van der Waals surface area contributed by atoms with Gasteiger partial charge in [-0.3, -0.25) is 4.79 Å². The summed E-state index contributed by atoms with van der Waals surface area (Å²) in [4.78, 5) is 11.0. The Kier molecular flexibility index (Phi) is 14.2. The monoisotopic (exact) mass is 208 g/mol. The van der Waals surface area contributed by atoms with E-state index in [1.165, 1.54) is 0 Å². The van der Waals surface area contributed by atoms with Crippen LogP contribution in [0.25, 0.3) is 0 Å². The molecule has 4 heteroatoms. The Morgan fingerprint density at radius 3 is 2.29 bits per heavy atom. The molecule has 14 heavy (non-hydrogen) atoms. The Morgan fingerprint density at radius 1 is 1.43 bits per heavy atom. The molecule has 0 spiro atoms. The van der Waals surface area contributed by atoms with Gasteiger partial charge in [0, 0.05) is 0 Å². The van der Waals surface area contributed by atoms with Crippen LogP contribution >= 0.6 is 0 Å². The number of aliphatic hydroxyl groups is 2. The van der Waals surface area contributed by atoms with Gasteiger partial charge >= 0.3 is 5.97 Å². The number of carbonyl (C=O) groups is 1. The van der Waals surface area contributed by atoms with Crippen LogP contribution in [0.2, 0.25) is 0 Å². The number of esters is 1. The maximum atomic E-state index is 11.0. The van der Waals surface area contributed by atoms with Crippen molar-refractivity contribution in [1.82, 2.24) is 0 Å². The van der Waals surface area contributed by atoms with Gasteiger partial charge in [-0.15, -0.1) is 0 Å². The van der Waals surface area contributed by atoms with Gasteiger partial charge in [-0.25, -0.2) is 0 Å². The SMILES string of the molecule is C.C.CCC(C)C(=O)OCC(O)CO. The topological polar surface area (TPSA) is 66.8 Å². The summed E-state index contributed by atoms with van der Waals surface area (Å²) in [5.74, 6) is -0.471. The molecule has 0 radical (unpaired) electrons. The molecule has 0 aliphatic heterocycles. The van der Waals surface area contributed by atoms with Crippen molar-refractivity contribution in [3.05, 3.63) is 0 Å². The number of hydrogen-bond donors (Lipinski definition) is 2. The summed E-state index contributed by atoms with van der Waals surface area (Å²) in [6, 6.07) is 0. The standard InChI is InChI=1S/C8H16O4.2CH4/c1-3-6(2)8(11)12-5-7(10)4-9;;/h6-7,9-10H,3-5H2,1-2H3;2*1H4. The highest BCUT2D eigenvalue weighted by molar-refractivity contribution is 5.71. The van der Waals surface area contributed by atoms with Crippen LogP contribution in [0.15, 0.2) is 0 Å². The van der Waals surface area contributed by atoms with Gasteiger partial charge in [-0.05, 0) is 6.42 Å². The lowest BCUT2D eigenvalue weighted by atomic mass is 10.1. The molecule has 2 atom stereocenters. The fraction of sp³-hybridized carbons (Fsp3) is 0.900. The number of aliphatic hydroxyl groups excluding tert-OH is 2. The first kappa shape index (κ1) is 19.0. The summed E-state index contributed by atoms with van der Waals surface area (Å²) in [5.41, 5.74) is 0. The zero-order valence-electron chi connectivity index (χ0n) is 7.49. The van der Waals surface area contributed by atoms with Gasteiger partial charge in [-0.2, -0.15) is 0 Å². The van der Waals surface area contributed by atoms with Crippen LogP contribution in [-0.4, -0.2) is 35.5 Å². The second kappa shape index (κ2) is 10.5. The summed E-state index contributed by atoms with van der Waals surface area (Å²) in [6.45, 7) is 3.13. The number of rotatable bonds is 5. The van der Waals surface area contributed by atoms with Gasteiger partial charge in [0.25, 0.3) is 0 Å². The highest BCUT2D eigenvalue weighted by Crippen LogP contribution is 2.03. The third-order valence-corrected chi connectivity index (χ3v) is 1.64. The van der Waals surface area contributed by atoms with Gasteiger partial charge < -0.3 is 14.9 Å². The lowest BCUT2D eigenvalue weighted by molar-refractivity contribution is -0.151. The quantitative estimate of drug-likeness (QED) is 0.666. The second-order valence-corrected chi connectivity index (χ2v) is 2.78. The van der Waals surface area contributed by atoms with Crippen molar-refractivity contribution < 1.29 is 19.7 Å². The van der Waals surface area contributed by atoms with Gasteiger partial charge in [0.2, 0.25) is 0 Å². The average Bonchev–Trinajstić information content (AvgIpc) is 2.11. The molecule has 2 N–H and O–H groups in total. The minimum atomic E-state index is -0.960. The minimum absolute atomic E-state index is 0. The molecule has 0 saturated carbocycles. The normalized spacial score (nSPS) is 13.1. The zero-order valence-corrected chi connectivity index (χ0v) is 7.49. The molecule has 88 valence electrons. The van der Waals surface area contributed by atoms with E-state index in [9.17, 15) is 4.79 Å². The van der Waals surface area contributed by atoms with E-state index in [0.717, 1.165) is 0 Å². The molecular formula is C10H24O4. The average molecular weight is 208 g/mol. The summed E-state index contributed by atoms with van der Waals surface area (Å²) in [7, 11) is 0. The van der Waals surface area contributed by atoms with E-state index in [-0.39, 0.29) is 40.0 Å². The lowest BCUT2D eigenvalue weighted by Crippen LogP contribution is -2.24. The third kappa shape index (κ3) is 8.01. The van der Waals surface area contributed by atoms with Gasteiger partial charge in [0.15, 0.2) is 0 Å². The number of carbonyl (C=O) groups excluding carboxylic acids is 1. The Bertz CT molecular complexity index is 136. The fourth-order valence-electron chi connectivity index (χ4n) is 0.540. The molecule has 0 aromatic heterocycles. The largest absolute Gasteiger partial charge is 0.463 e. The first-order chi connectivity index (χ1) is 5.61. The van der Waals surface area contributed by atoms with E-state index in [4.69, 9.17) is 14.9 Å². The highest BCUT2D eigenvalue weighted by Gasteiger charge is 2.13. The molecule has 0 amide bonds. The molecule has 0 saturated heterocycles. The Labute approximate surface area is 86.9 Å². The predicted octanol–water partition coefficient (Wildman–Crippen LogP) is 1.20. The molecule has 0 heterocycles. The Morgan fingerprint density at radius 2 is 1.93 bits per heavy atom. The summed E-state index contributed by atoms with van der Waals surface area (Å²) in [6.07, 6.45) is -0.244. The second-order valence-electron chi connectivity index (χ2n) is 2.78. The van der Waals surface area contributed by atoms with Crippen LogP contribution in [0.3, 0.4) is 0 Å². The van der Waals surface area contributed by atoms with E-state index in [1.807, 2.05) is 6.92 Å². The smallest absolute Gasteiger partial charge is 0.308 e. The van der Waals surface area contributed by atoms with Crippen LogP contribution in [0.5, 0.6) is 0 Å². The fourth-order valence-corrected chi connectivity index (χ4v) is 0.540. The van der Waals surface area contributed by atoms with E-state index in [2.05, 4.69) is 0 Å². The molecular weight excluding hydrogens is 184 g/mol. The van der Waals surface area contributed by atoms with Crippen LogP contribution < -0.4 is 0 Å². The Hall–Kier alpha value is -0.610. The van der Waals surface area contributed by atoms with Gasteiger partial charge in [-0.1, -0.05) is 28.7 Å². The van der Waals surface area contributed by atoms with Crippen LogP contribution in [0.4, 0.5) is 0 Å². The molecule has 0 aliphatic rings. The van der Waals surface area contributed by atoms with Crippen LogP contribution in [0.1, 0.15) is 35.1 Å². The molecule has 0 aromatic rings. The number of ether oxygens (including phenoxy) is 1. The summed E-state index contributed by atoms with van der Waals surface area (Å²) < 4.78 is 4.70. The molecule has 0 aliphatic carbocycles. The van der Waals surface area contributed by atoms with Crippen molar-refractivity contribution in [2.45, 2.75) is 41.2 Å². The first-order valence-corrected chi connectivity index (χ1v) is 4.07. The van der Waals surface area contributed by atoms with E-state index < -0.39 is 6.10 Å². The van der Waals surface area contributed by atoms with Crippen molar-refractivity contribution in [3.63, 3.8) is 0 Å². The minimum Gasteiger partial charge on any atom is -0.463 e. The van der Waals surface area contributed by atoms with Crippen molar-refractivity contribution in [2.24, 2.45) is 5.92 Å². The van der Waals surface area contributed by atoms with Crippen molar-refractivity contribution in [2.75, 3.05) is 13.2 Å². The van der Waals surface area contributed by atoms with Gasteiger partial charge in [0.1, 0.15) is 12.7 Å². The van der Waals surface area contributed by atoms with Crippen molar-refractivity contribution in [3.8, 4) is 0 Å². The van der Waals surface area contributed by atoms with E-state index in [0.29, 0.717) is 6.42 Å². The molecule has 0 rings (SSSR count). The van der Waals surface area contributed by atoms with Crippen molar-refractivity contribution >= 4 is 5.97 Å². The van der Waals surface area contributed by atoms with Gasteiger partial charge in [0.05, 0.1) is 12.5 Å². The molecule has 4 nitrogen and oxygen atoms in total. The third-order valence-electron chi connectivity index (χ3n) is 1.64. The maximum Gasteiger partial charge on any atom is 0.308 e. The maximum absolute atomic E-state index is 11.0. The van der Waals surface area contributed by atoms with Crippen LogP contribution in [-0.2, 0) is 9.53 Å². The summed E-state index contributed by atoms with van der Waals surface area (Å²) in [5, 5.41) is 17.2. The van der Waals surface area contributed by atoms with Crippen LogP contribution in [0, 0.1) is 5.92 Å². The molecule has 2 unspecified atom stereocenters. The number of hydrogen-bond acceptors (Lipinski definition) is 4. The molecule has 0 bridgehead atoms. The molecule has 0 aromatic carbocycles. The lowest BCUT2D eigenvalue weighted by Gasteiger charge is -2.11. The summed E-state index contributed by atoms with van der Waals surface area (Å²) >= 11 is 0. The van der Waals surface area contributed by atoms with Crippen molar-refractivity contribution in [1.29, 1.82) is 0 Å². The first-order valence-electron chi connectivity index (χ1n) is 4.07. The zero-order chi connectivity index (χ0) is 9.56. The van der Waals surface area contributed by atoms with E-state index >= 15 is 0 Å². The Balaban J connectivity index is -0.000000605. The predicted molar refractivity (Wildman–Crippen MR) is 57.0 cm³/mol. The highest BCUT2D eigenvalue weighted by atomic mass is 16.5. The molecule has 0 fully saturated rings.